The van der Waals surface area contributed by atoms with Crippen LogP contribution in [0.25, 0.3) is 10.4 Å². The average molecular weight is 399 g/mol. The number of nitrogens with one attached hydrogen (secondary N) is 1. The van der Waals surface area contributed by atoms with Crippen molar-refractivity contribution in [2.75, 3.05) is 39.4 Å². The van der Waals surface area contributed by atoms with Crippen molar-refractivity contribution in [1.82, 2.24) is 10.2 Å². The molecule has 1 amide bonds. The van der Waals surface area contributed by atoms with E-state index >= 15 is 0 Å². The van der Waals surface area contributed by atoms with Gasteiger partial charge in [-0.05, 0) is 36.5 Å². The maximum Gasteiger partial charge on any atom is 0.233 e. The lowest BCUT2D eigenvalue weighted by Crippen LogP contribution is -2.65. The van der Waals surface area contributed by atoms with E-state index < -0.39 is 5.41 Å². The molecule has 4 heterocycles. The molecule has 0 radical (unpaired) electrons. The Bertz CT molecular complexity index is 862. The van der Waals surface area contributed by atoms with Gasteiger partial charge >= 0.3 is 0 Å². The van der Waals surface area contributed by atoms with Crippen LogP contribution < -0.4 is 5.32 Å². The molecule has 0 saturated carbocycles. The van der Waals surface area contributed by atoms with E-state index in [4.69, 9.17) is 4.74 Å². The molecular weight excluding hydrogens is 372 g/mol. The van der Waals surface area contributed by atoms with Crippen LogP contribution in [-0.4, -0.2) is 55.3 Å². The van der Waals surface area contributed by atoms with Crippen molar-refractivity contribution in [3.63, 3.8) is 0 Å². The second-order valence-electron chi connectivity index (χ2n) is 8.26. The summed E-state index contributed by atoms with van der Waals surface area (Å²) < 4.78 is 6.37. The van der Waals surface area contributed by atoms with Gasteiger partial charge in [0, 0.05) is 35.9 Å². The molecule has 1 aromatic heterocycles. The summed E-state index contributed by atoms with van der Waals surface area (Å²) in [6.45, 7) is 3.21. The van der Waals surface area contributed by atoms with Crippen molar-refractivity contribution in [3.8, 4) is 10.4 Å². The standard InChI is InChI=1S/C22H26N2O3S/c25-15-21(13-23-14-21)20(26)24-9-7-22(8-10-24)19-17(6-11-27-22)12-18(28-19)16-4-2-1-3-5-16/h1-5,12,23,25H,6-11,13-15H2. The summed E-state index contributed by atoms with van der Waals surface area (Å²) in [6, 6.07) is 12.9. The van der Waals surface area contributed by atoms with Crippen molar-refractivity contribution in [2.45, 2.75) is 24.9 Å². The molecule has 5 nitrogen and oxygen atoms in total. The third-order valence-electron chi connectivity index (χ3n) is 6.57. The minimum absolute atomic E-state index is 0.0769. The van der Waals surface area contributed by atoms with Gasteiger partial charge in [-0.15, -0.1) is 11.3 Å². The molecule has 2 N–H and O–H groups in total. The lowest BCUT2D eigenvalue weighted by molar-refractivity contribution is -0.156. The van der Waals surface area contributed by atoms with Crippen LogP contribution in [0.1, 0.15) is 23.3 Å². The topological polar surface area (TPSA) is 61.8 Å². The van der Waals surface area contributed by atoms with E-state index in [2.05, 4.69) is 35.6 Å². The summed E-state index contributed by atoms with van der Waals surface area (Å²) >= 11 is 1.85. The number of rotatable bonds is 3. The highest BCUT2D eigenvalue weighted by molar-refractivity contribution is 7.15. The number of aliphatic hydroxyl groups is 1. The lowest BCUT2D eigenvalue weighted by Gasteiger charge is -2.48. The van der Waals surface area contributed by atoms with E-state index in [0.29, 0.717) is 26.2 Å². The van der Waals surface area contributed by atoms with Gasteiger partial charge < -0.3 is 20.1 Å². The number of thiophene rings is 1. The number of hydrogen-bond donors (Lipinski definition) is 2. The highest BCUT2D eigenvalue weighted by Crippen LogP contribution is 2.47. The molecule has 3 aliphatic rings. The number of carbonyl (C=O) groups excluding carboxylic acids is 1. The third-order valence-corrected chi connectivity index (χ3v) is 7.98. The Kier molecular flexibility index (Phi) is 4.55. The number of aliphatic hydroxyl groups excluding tert-OH is 1. The van der Waals surface area contributed by atoms with Crippen LogP contribution in [0.2, 0.25) is 0 Å². The molecule has 0 bridgehead atoms. The Balaban J connectivity index is 1.37. The SMILES string of the molecule is O=C(N1CCC2(CC1)OCCc1cc(-c3ccccc3)sc12)C1(CO)CNC1. The van der Waals surface area contributed by atoms with Crippen molar-refractivity contribution in [2.24, 2.45) is 5.41 Å². The number of carbonyl (C=O) groups is 1. The maximum atomic E-state index is 12.9. The number of likely N-dealkylation sites (tertiary alicyclic amines) is 1. The number of nitrogens with zero attached hydrogens (tertiary/aromatic N) is 1. The number of hydrogen-bond acceptors (Lipinski definition) is 5. The van der Waals surface area contributed by atoms with Crippen molar-refractivity contribution in [1.29, 1.82) is 0 Å². The van der Waals surface area contributed by atoms with Gasteiger partial charge in [0.25, 0.3) is 0 Å². The fraction of sp³-hybridized carbons (Fsp3) is 0.500. The van der Waals surface area contributed by atoms with Crippen LogP contribution in [0, 0.1) is 5.41 Å². The Labute approximate surface area is 169 Å². The quantitative estimate of drug-likeness (QED) is 0.834. The van der Waals surface area contributed by atoms with E-state index in [-0.39, 0.29) is 18.1 Å². The number of fused-ring (bicyclic) bond motifs is 2. The zero-order valence-electron chi connectivity index (χ0n) is 15.9. The van der Waals surface area contributed by atoms with Gasteiger partial charge in [-0.3, -0.25) is 4.79 Å². The van der Waals surface area contributed by atoms with Crippen molar-refractivity contribution in [3.05, 3.63) is 46.8 Å². The molecule has 6 heteroatoms. The lowest BCUT2D eigenvalue weighted by atomic mass is 9.79. The third kappa shape index (κ3) is 2.82. The molecule has 0 unspecified atom stereocenters. The minimum Gasteiger partial charge on any atom is -0.395 e. The first-order valence-electron chi connectivity index (χ1n) is 10.1. The average Bonchev–Trinajstić information content (AvgIpc) is 3.15. The Hall–Kier alpha value is -1.73. The second kappa shape index (κ2) is 6.95. The van der Waals surface area contributed by atoms with Crippen molar-refractivity contribution < 1.29 is 14.6 Å². The predicted molar refractivity (Wildman–Crippen MR) is 109 cm³/mol. The smallest absolute Gasteiger partial charge is 0.233 e. The Morgan fingerprint density at radius 3 is 2.61 bits per heavy atom. The predicted octanol–water partition coefficient (Wildman–Crippen LogP) is 2.39. The minimum atomic E-state index is -0.605. The Morgan fingerprint density at radius 2 is 1.96 bits per heavy atom. The van der Waals surface area contributed by atoms with Crippen molar-refractivity contribution >= 4 is 17.2 Å². The van der Waals surface area contributed by atoms with Crippen LogP contribution >= 0.6 is 11.3 Å². The summed E-state index contributed by atoms with van der Waals surface area (Å²) in [7, 11) is 0. The van der Waals surface area contributed by atoms with Gasteiger partial charge in [0.1, 0.15) is 5.60 Å². The summed E-state index contributed by atoms with van der Waals surface area (Å²) in [6.07, 6.45) is 2.62. The van der Waals surface area contributed by atoms with Crippen LogP contribution in [0.4, 0.5) is 0 Å². The summed E-state index contributed by atoms with van der Waals surface area (Å²) in [4.78, 5) is 17.5. The van der Waals surface area contributed by atoms with E-state index in [0.717, 1.165) is 25.9 Å². The monoisotopic (exact) mass is 398 g/mol. The highest BCUT2D eigenvalue weighted by Gasteiger charge is 2.49. The van der Waals surface area contributed by atoms with E-state index in [1.165, 1.54) is 20.9 Å². The van der Waals surface area contributed by atoms with Crippen LogP contribution in [0.15, 0.2) is 36.4 Å². The molecule has 148 valence electrons. The van der Waals surface area contributed by atoms with Gasteiger partial charge in [-0.25, -0.2) is 0 Å². The first-order valence-corrected chi connectivity index (χ1v) is 10.9. The highest BCUT2D eigenvalue weighted by atomic mass is 32.1. The first kappa shape index (κ1) is 18.3. The van der Waals surface area contributed by atoms with Gasteiger partial charge in [0.05, 0.1) is 18.6 Å². The molecule has 28 heavy (non-hydrogen) atoms. The number of ether oxygens (including phenoxy) is 1. The van der Waals surface area contributed by atoms with Gasteiger partial charge in [-0.2, -0.15) is 0 Å². The molecular formula is C22H26N2O3S. The van der Waals surface area contributed by atoms with E-state index in [1.807, 2.05) is 22.3 Å². The van der Waals surface area contributed by atoms with E-state index in [9.17, 15) is 9.90 Å². The molecule has 1 aromatic carbocycles. The Morgan fingerprint density at radius 1 is 1.21 bits per heavy atom. The normalized spacial score (nSPS) is 22.5. The summed E-state index contributed by atoms with van der Waals surface area (Å²) in [5.74, 6) is 0.0933. The molecule has 3 aliphatic heterocycles. The van der Waals surface area contributed by atoms with Gasteiger partial charge in [0.15, 0.2) is 0 Å². The number of amides is 1. The van der Waals surface area contributed by atoms with Crippen LogP contribution in [0.5, 0.6) is 0 Å². The first-order chi connectivity index (χ1) is 13.7. The fourth-order valence-electron chi connectivity index (χ4n) is 4.70. The zero-order valence-corrected chi connectivity index (χ0v) is 16.8. The fourth-order valence-corrected chi connectivity index (χ4v) is 6.12. The number of piperidine rings is 1. The summed E-state index contributed by atoms with van der Waals surface area (Å²) in [5.41, 5.74) is 1.80. The molecule has 2 saturated heterocycles. The maximum absolute atomic E-state index is 12.9. The van der Waals surface area contributed by atoms with Crippen LogP contribution in [0.3, 0.4) is 0 Å². The van der Waals surface area contributed by atoms with Gasteiger partial charge in [-0.1, -0.05) is 30.3 Å². The molecule has 0 atom stereocenters. The molecule has 5 rings (SSSR count). The van der Waals surface area contributed by atoms with Gasteiger partial charge in [0.2, 0.25) is 5.91 Å². The molecule has 2 fully saturated rings. The molecule has 1 spiro atoms. The number of benzene rings is 1. The summed E-state index contributed by atoms with van der Waals surface area (Å²) in [5, 5.41) is 12.8. The van der Waals surface area contributed by atoms with E-state index in [1.54, 1.807) is 0 Å². The largest absolute Gasteiger partial charge is 0.395 e. The zero-order chi connectivity index (χ0) is 19.2. The molecule has 0 aliphatic carbocycles. The second-order valence-corrected chi connectivity index (χ2v) is 9.31. The molecule has 2 aromatic rings. The van der Waals surface area contributed by atoms with Crippen LogP contribution in [-0.2, 0) is 21.6 Å².